The van der Waals surface area contributed by atoms with Crippen molar-refractivity contribution in [2.75, 3.05) is 6.54 Å². The summed E-state index contributed by atoms with van der Waals surface area (Å²) in [6.07, 6.45) is 3.24. The Morgan fingerprint density at radius 3 is 2.94 bits per heavy atom. The van der Waals surface area contributed by atoms with Crippen LogP contribution in [0.2, 0.25) is 5.02 Å². The fraction of sp³-hybridized carbons (Fsp3) is 0.462. The lowest BCUT2D eigenvalue weighted by molar-refractivity contribution is 0.0929. The van der Waals surface area contributed by atoms with Crippen LogP contribution in [0.3, 0.4) is 0 Å². The van der Waals surface area contributed by atoms with E-state index >= 15 is 0 Å². The molecule has 3 N–H and O–H groups in total. The number of rotatable bonds is 3. The Kier molecular flexibility index (Phi) is 4.65. The Morgan fingerprint density at radius 1 is 1.50 bits per heavy atom. The zero-order valence-electron chi connectivity index (χ0n) is 9.96. The molecule has 0 aromatic heterocycles. The summed E-state index contributed by atoms with van der Waals surface area (Å²) in [5, 5.41) is 3.60. The van der Waals surface area contributed by atoms with Gasteiger partial charge in [-0.1, -0.05) is 18.0 Å². The van der Waals surface area contributed by atoms with Crippen LogP contribution in [0.1, 0.15) is 29.6 Å². The predicted octanol–water partition coefficient (Wildman–Crippen LogP) is 2.96. The first-order chi connectivity index (χ1) is 8.61. The van der Waals surface area contributed by atoms with Gasteiger partial charge in [-0.3, -0.25) is 4.79 Å². The standard InChI is InChI=1S/C13H16BrClN2O/c14-10-5-4-8(6-11(10)15)13(18)17-12-3-1-2-9(12)7-16/h4-6,9,12H,1-3,7,16H2,(H,17,18). The minimum atomic E-state index is -0.0743. The van der Waals surface area contributed by atoms with Gasteiger partial charge >= 0.3 is 0 Å². The number of nitrogens with one attached hydrogen (secondary N) is 1. The van der Waals surface area contributed by atoms with E-state index in [1.165, 1.54) is 0 Å². The Hall–Kier alpha value is -0.580. The molecule has 3 nitrogen and oxygen atoms in total. The number of amides is 1. The van der Waals surface area contributed by atoms with Gasteiger partial charge in [0.25, 0.3) is 5.91 Å². The highest BCUT2D eigenvalue weighted by atomic mass is 79.9. The van der Waals surface area contributed by atoms with Crippen LogP contribution in [0.15, 0.2) is 22.7 Å². The molecule has 0 bridgehead atoms. The molecular formula is C13H16BrClN2O. The van der Waals surface area contributed by atoms with Crippen molar-refractivity contribution in [2.24, 2.45) is 11.7 Å². The highest BCUT2D eigenvalue weighted by Gasteiger charge is 2.27. The number of hydrogen-bond donors (Lipinski definition) is 2. The summed E-state index contributed by atoms with van der Waals surface area (Å²) in [4.78, 5) is 12.1. The highest BCUT2D eigenvalue weighted by Crippen LogP contribution is 2.26. The fourth-order valence-corrected chi connectivity index (χ4v) is 2.83. The van der Waals surface area contributed by atoms with Crippen molar-refractivity contribution >= 4 is 33.4 Å². The normalized spacial score (nSPS) is 23.1. The van der Waals surface area contributed by atoms with Crippen LogP contribution in [0.25, 0.3) is 0 Å². The molecule has 1 saturated carbocycles. The largest absolute Gasteiger partial charge is 0.349 e. The maximum absolute atomic E-state index is 12.1. The lowest BCUT2D eigenvalue weighted by Crippen LogP contribution is -2.39. The van der Waals surface area contributed by atoms with Crippen molar-refractivity contribution in [3.8, 4) is 0 Å². The topological polar surface area (TPSA) is 55.1 Å². The molecule has 1 fully saturated rings. The molecule has 1 aliphatic rings. The maximum atomic E-state index is 12.1. The smallest absolute Gasteiger partial charge is 0.251 e. The molecule has 0 aliphatic heterocycles. The molecule has 98 valence electrons. The van der Waals surface area contributed by atoms with Crippen LogP contribution in [0.4, 0.5) is 0 Å². The van der Waals surface area contributed by atoms with E-state index in [1.807, 2.05) is 0 Å². The van der Waals surface area contributed by atoms with Gasteiger partial charge in [-0.15, -0.1) is 0 Å². The van der Waals surface area contributed by atoms with Gasteiger partial charge in [-0.05, 0) is 59.4 Å². The van der Waals surface area contributed by atoms with Crippen molar-refractivity contribution in [2.45, 2.75) is 25.3 Å². The van der Waals surface area contributed by atoms with Crippen LogP contribution < -0.4 is 11.1 Å². The Balaban J connectivity index is 2.05. The molecule has 1 aliphatic carbocycles. The second-order valence-electron chi connectivity index (χ2n) is 4.64. The monoisotopic (exact) mass is 330 g/mol. The Bertz CT molecular complexity index is 453. The number of nitrogens with two attached hydrogens (primary N) is 1. The van der Waals surface area contributed by atoms with E-state index in [2.05, 4.69) is 21.2 Å². The molecule has 1 aromatic rings. The second-order valence-corrected chi connectivity index (χ2v) is 5.90. The lowest BCUT2D eigenvalue weighted by Gasteiger charge is -2.19. The summed E-state index contributed by atoms with van der Waals surface area (Å²) in [7, 11) is 0. The van der Waals surface area contributed by atoms with Crippen molar-refractivity contribution in [1.29, 1.82) is 0 Å². The third kappa shape index (κ3) is 3.05. The summed E-state index contributed by atoms with van der Waals surface area (Å²) in [6, 6.07) is 5.42. The van der Waals surface area contributed by atoms with E-state index in [9.17, 15) is 4.79 Å². The SMILES string of the molecule is NCC1CCCC1NC(=O)c1ccc(Br)c(Cl)c1. The zero-order chi connectivity index (χ0) is 13.1. The summed E-state index contributed by atoms with van der Waals surface area (Å²) in [6.45, 7) is 0.631. The predicted molar refractivity (Wildman–Crippen MR) is 76.8 cm³/mol. The molecule has 1 aromatic carbocycles. The Labute approximate surface area is 120 Å². The Morgan fingerprint density at radius 2 is 2.28 bits per heavy atom. The quantitative estimate of drug-likeness (QED) is 0.894. The average Bonchev–Trinajstić information content (AvgIpc) is 2.79. The number of carbonyl (C=O) groups is 1. The summed E-state index contributed by atoms with van der Waals surface area (Å²) in [5.41, 5.74) is 6.29. The van der Waals surface area contributed by atoms with E-state index in [-0.39, 0.29) is 11.9 Å². The van der Waals surface area contributed by atoms with E-state index in [1.54, 1.807) is 18.2 Å². The van der Waals surface area contributed by atoms with Crippen molar-refractivity contribution < 1.29 is 4.79 Å². The zero-order valence-corrected chi connectivity index (χ0v) is 12.3. The van der Waals surface area contributed by atoms with Gasteiger partial charge in [0.2, 0.25) is 0 Å². The van der Waals surface area contributed by atoms with Gasteiger partial charge in [-0.2, -0.15) is 0 Å². The van der Waals surface area contributed by atoms with Gasteiger partial charge in [-0.25, -0.2) is 0 Å². The number of hydrogen-bond acceptors (Lipinski definition) is 2. The molecule has 0 saturated heterocycles. The number of benzene rings is 1. The third-order valence-corrected chi connectivity index (χ3v) is 4.69. The minimum Gasteiger partial charge on any atom is -0.349 e. The first-order valence-electron chi connectivity index (χ1n) is 6.08. The summed E-state index contributed by atoms with van der Waals surface area (Å²) in [5.74, 6) is 0.328. The number of carbonyl (C=O) groups excluding carboxylic acids is 1. The van der Waals surface area contributed by atoms with Gasteiger partial charge in [0.05, 0.1) is 5.02 Å². The van der Waals surface area contributed by atoms with Gasteiger partial charge in [0.1, 0.15) is 0 Å². The number of halogens is 2. The first kappa shape index (κ1) is 13.8. The van der Waals surface area contributed by atoms with Crippen molar-refractivity contribution in [3.05, 3.63) is 33.3 Å². The van der Waals surface area contributed by atoms with Gasteiger partial charge in [0, 0.05) is 16.1 Å². The van der Waals surface area contributed by atoms with Crippen LogP contribution in [-0.2, 0) is 0 Å². The molecule has 2 rings (SSSR count). The van der Waals surface area contributed by atoms with Gasteiger partial charge in [0.15, 0.2) is 0 Å². The molecule has 5 heteroatoms. The molecule has 0 radical (unpaired) electrons. The van der Waals surface area contributed by atoms with Crippen LogP contribution in [-0.4, -0.2) is 18.5 Å². The summed E-state index contributed by atoms with van der Waals surface area (Å²) >= 11 is 9.29. The summed E-state index contributed by atoms with van der Waals surface area (Å²) < 4.78 is 0.793. The second kappa shape index (κ2) is 6.04. The van der Waals surface area contributed by atoms with Crippen LogP contribution in [0, 0.1) is 5.92 Å². The lowest BCUT2D eigenvalue weighted by atomic mass is 10.0. The van der Waals surface area contributed by atoms with E-state index in [0.29, 0.717) is 23.0 Å². The molecular weight excluding hydrogens is 316 g/mol. The third-order valence-electron chi connectivity index (χ3n) is 3.46. The molecule has 2 unspecified atom stereocenters. The molecule has 1 amide bonds. The van der Waals surface area contributed by atoms with E-state index in [4.69, 9.17) is 17.3 Å². The minimum absolute atomic E-state index is 0.0743. The molecule has 0 spiro atoms. The van der Waals surface area contributed by atoms with E-state index in [0.717, 1.165) is 23.7 Å². The molecule has 18 heavy (non-hydrogen) atoms. The van der Waals surface area contributed by atoms with Crippen LogP contribution >= 0.6 is 27.5 Å². The van der Waals surface area contributed by atoms with E-state index < -0.39 is 0 Å². The van der Waals surface area contributed by atoms with Crippen molar-refractivity contribution in [3.63, 3.8) is 0 Å². The molecule has 2 atom stereocenters. The maximum Gasteiger partial charge on any atom is 0.251 e. The fourth-order valence-electron chi connectivity index (χ4n) is 2.40. The molecule has 0 heterocycles. The first-order valence-corrected chi connectivity index (χ1v) is 7.25. The van der Waals surface area contributed by atoms with Crippen molar-refractivity contribution in [1.82, 2.24) is 5.32 Å². The van der Waals surface area contributed by atoms with Crippen LogP contribution in [0.5, 0.6) is 0 Å². The average molecular weight is 332 g/mol. The highest BCUT2D eigenvalue weighted by molar-refractivity contribution is 9.10. The van der Waals surface area contributed by atoms with Gasteiger partial charge < -0.3 is 11.1 Å².